The first-order valence-electron chi connectivity index (χ1n) is 4.56. The Hall–Kier alpha value is -1.31. The highest BCUT2D eigenvalue weighted by molar-refractivity contribution is 5.93. The lowest BCUT2D eigenvalue weighted by molar-refractivity contribution is -0.117. The zero-order chi connectivity index (χ0) is 9.68. The first-order valence-corrected chi connectivity index (χ1v) is 4.56. The molecule has 1 aliphatic rings. The van der Waals surface area contributed by atoms with Crippen LogP contribution in [0.5, 0.6) is 0 Å². The molecular weight excluding hydrogens is 162 g/mol. The maximum absolute atomic E-state index is 11.4. The number of allylic oxidation sites excluding steroid dienone is 3. The van der Waals surface area contributed by atoms with Crippen LogP contribution in [0.3, 0.4) is 0 Å². The third-order valence-electron chi connectivity index (χ3n) is 1.91. The van der Waals surface area contributed by atoms with Gasteiger partial charge >= 0.3 is 0 Å². The number of nitrogens with one attached hydrogen (secondary N) is 1. The van der Waals surface area contributed by atoms with Crippen LogP contribution in [0, 0.1) is 0 Å². The Balaban J connectivity index is 2.45. The van der Waals surface area contributed by atoms with Crippen LogP contribution in [0.4, 0.5) is 0 Å². The third-order valence-corrected chi connectivity index (χ3v) is 1.91. The van der Waals surface area contributed by atoms with Crippen molar-refractivity contribution in [2.75, 3.05) is 0 Å². The lowest BCUT2D eigenvalue weighted by Gasteiger charge is -2.08. The molecule has 13 heavy (non-hydrogen) atoms. The second-order valence-electron chi connectivity index (χ2n) is 3.06. The van der Waals surface area contributed by atoms with Crippen molar-refractivity contribution in [1.82, 2.24) is 5.32 Å². The van der Waals surface area contributed by atoms with Gasteiger partial charge in [-0.25, -0.2) is 0 Å². The molecule has 0 atom stereocenters. The molecule has 70 valence electrons. The molecule has 1 amide bonds. The monoisotopic (exact) mass is 177 g/mol. The smallest absolute Gasteiger partial charge is 0.247 e. The van der Waals surface area contributed by atoms with Gasteiger partial charge in [-0.2, -0.15) is 0 Å². The first kappa shape index (κ1) is 9.78. The predicted molar refractivity (Wildman–Crippen MR) is 54.3 cm³/mol. The van der Waals surface area contributed by atoms with E-state index in [9.17, 15) is 4.79 Å². The van der Waals surface area contributed by atoms with Crippen LogP contribution in [0.25, 0.3) is 0 Å². The van der Waals surface area contributed by atoms with Gasteiger partial charge in [0.25, 0.3) is 0 Å². The molecule has 2 heteroatoms. The summed E-state index contributed by atoms with van der Waals surface area (Å²) in [6.07, 6.45) is 10.6. The first-order chi connectivity index (χ1) is 6.24. The number of carbonyl (C=O) groups is 1. The molecular formula is C11H15NO. The van der Waals surface area contributed by atoms with Crippen molar-refractivity contribution in [3.63, 3.8) is 0 Å². The molecule has 0 spiro atoms. The molecule has 0 aromatic rings. The number of amides is 1. The number of carbonyl (C=O) groups excluding carboxylic acids is 1. The lowest BCUT2D eigenvalue weighted by Crippen LogP contribution is -2.31. The Bertz CT molecular complexity index is 262. The molecule has 0 fully saturated rings. The maximum Gasteiger partial charge on any atom is 0.247 e. The molecule has 1 aliphatic carbocycles. The van der Waals surface area contributed by atoms with E-state index >= 15 is 0 Å². The van der Waals surface area contributed by atoms with Gasteiger partial charge in [0, 0.05) is 5.57 Å². The van der Waals surface area contributed by atoms with Gasteiger partial charge in [-0.3, -0.25) is 4.79 Å². The zero-order valence-electron chi connectivity index (χ0n) is 8.08. The van der Waals surface area contributed by atoms with Crippen LogP contribution in [-0.2, 0) is 4.79 Å². The van der Waals surface area contributed by atoms with Gasteiger partial charge in [-0.1, -0.05) is 37.3 Å². The molecule has 0 unspecified atom stereocenters. The van der Waals surface area contributed by atoms with E-state index in [-0.39, 0.29) is 11.9 Å². The Morgan fingerprint density at radius 3 is 2.62 bits per heavy atom. The van der Waals surface area contributed by atoms with Gasteiger partial charge in [-0.05, 0) is 13.3 Å². The van der Waals surface area contributed by atoms with Gasteiger partial charge in [0.05, 0.1) is 6.04 Å². The van der Waals surface area contributed by atoms with Crippen LogP contribution >= 0.6 is 0 Å². The summed E-state index contributed by atoms with van der Waals surface area (Å²) in [5.74, 6) is 0.0167. The molecule has 2 nitrogen and oxygen atoms in total. The topological polar surface area (TPSA) is 29.1 Å². The van der Waals surface area contributed by atoms with Gasteiger partial charge in [0.2, 0.25) is 5.91 Å². The molecule has 0 bridgehead atoms. The molecule has 0 aromatic carbocycles. The summed E-state index contributed by atoms with van der Waals surface area (Å²) in [6.45, 7) is 3.85. The van der Waals surface area contributed by atoms with E-state index in [4.69, 9.17) is 0 Å². The van der Waals surface area contributed by atoms with E-state index in [0.29, 0.717) is 0 Å². The number of hydrogen-bond donors (Lipinski definition) is 1. The summed E-state index contributed by atoms with van der Waals surface area (Å²) in [6, 6.07) is 0.0766. The predicted octanol–water partition coefficient (Wildman–Crippen LogP) is 1.95. The average molecular weight is 177 g/mol. The van der Waals surface area contributed by atoms with E-state index in [1.165, 1.54) is 0 Å². The molecule has 0 heterocycles. The van der Waals surface area contributed by atoms with E-state index in [1.807, 2.05) is 44.2 Å². The molecule has 1 N–H and O–H groups in total. The fourth-order valence-electron chi connectivity index (χ4n) is 1.19. The number of hydrogen-bond acceptors (Lipinski definition) is 1. The maximum atomic E-state index is 11.4. The van der Waals surface area contributed by atoms with Crippen molar-refractivity contribution < 1.29 is 4.79 Å². The Morgan fingerprint density at radius 2 is 2.08 bits per heavy atom. The summed E-state index contributed by atoms with van der Waals surface area (Å²) >= 11 is 0. The van der Waals surface area contributed by atoms with Crippen molar-refractivity contribution in [1.29, 1.82) is 0 Å². The highest BCUT2D eigenvalue weighted by Crippen LogP contribution is 2.01. The van der Waals surface area contributed by atoms with Crippen molar-refractivity contribution in [3.05, 3.63) is 36.0 Å². The van der Waals surface area contributed by atoms with Crippen LogP contribution in [0.2, 0.25) is 0 Å². The summed E-state index contributed by atoms with van der Waals surface area (Å²) in [5.41, 5.74) is 0.788. The number of rotatable bonds is 3. The highest BCUT2D eigenvalue weighted by atomic mass is 16.1. The van der Waals surface area contributed by atoms with Crippen LogP contribution in [0.1, 0.15) is 20.3 Å². The second kappa shape index (κ2) is 4.65. The summed E-state index contributed by atoms with van der Waals surface area (Å²) in [7, 11) is 0. The standard InChI is InChI=1S/C11H15NO/c1-3-6-9(2)11(13)12-10-7-4-5-8-10/h4-8,10H,3H2,1-2H3,(H,12,13). The van der Waals surface area contributed by atoms with Crippen molar-refractivity contribution in [2.45, 2.75) is 26.3 Å². The zero-order valence-corrected chi connectivity index (χ0v) is 8.08. The second-order valence-corrected chi connectivity index (χ2v) is 3.06. The van der Waals surface area contributed by atoms with E-state index in [1.54, 1.807) is 0 Å². The van der Waals surface area contributed by atoms with Crippen molar-refractivity contribution >= 4 is 5.91 Å². The summed E-state index contributed by atoms with van der Waals surface area (Å²) in [4.78, 5) is 11.4. The minimum atomic E-state index is 0.0167. The minimum absolute atomic E-state index is 0.0167. The van der Waals surface area contributed by atoms with Crippen LogP contribution < -0.4 is 5.32 Å². The Kier molecular flexibility index (Phi) is 3.50. The largest absolute Gasteiger partial charge is 0.343 e. The van der Waals surface area contributed by atoms with Gasteiger partial charge in [0.1, 0.15) is 0 Å². The molecule has 0 saturated carbocycles. The van der Waals surface area contributed by atoms with Crippen molar-refractivity contribution in [2.24, 2.45) is 0 Å². The third kappa shape index (κ3) is 2.90. The SMILES string of the molecule is CCC=C(C)C(=O)NC1C=CC=C1. The molecule has 0 aliphatic heterocycles. The minimum Gasteiger partial charge on any atom is -0.343 e. The van der Waals surface area contributed by atoms with E-state index < -0.39 is 0 Å². The van der Waals surface area contributed by atoms with Gasteiger partial charge < -0.3 is 5.32 Å². The van der Waals surface area contributed by atoms with Crippen LogP contribution in [0.15, 0.2) is 36.0 Å². The highest BCUT2D eigenvalue weighted by Gasteiger charge is 2.08. The molecule has 0 aromatic heterocycles. The fraction of sp³-hybridized carbons (Fsp3) is 0.364. The average Bonchev–Trinajstić information content (AvgIpc) is 2.57. The van der Waals surface area contributed by atoms with Gasteiger partial charge in [0.15, 0.2) is 0 Å². The van der Waals surface area contributed by atoms with Gasteiger partial charge in [-0.15, -0.1) is 0 Å². The normalized spacial score (nSPS) is 16.6. The molecule has 0 saturated heterocycles. The lowest BCUT2D eigenvalue weighted by atomic mass is 10.2. The molecule has 1 rings (SSSR count). The van der Waals surface area contributed by atoms with Crippen LogP contribution in [-0.4, -0.2) is 11.9 Å². The van der Waals surface area contributed by atoms with Crippen molar-refractivity contribution in [3.8, 4) is 0 Å². The summed E-state index contributed by atoms with van der Waals surface area (Å²) < 4.78 is 0. The summed E-state index contributed by atoms with van der Waals surface area (Å²) in [5, 5.41) is 2.88. The molecule has 0 radical (unpaired) electrons. The fourth-order valence-corrected chi connectivity index (χ4v) is 1.19. The quantitative estimate of drug-likeness (QED) is 0.656. The van der Waals surface area contributed by atoms with E-state index in [2.05, 4.69) is 5.32 Å². The Labute approximate surface area is 79.0 Å². The van der Waals surface area contributed by atoms with E-state index in [0.717, 1.165) is 12.0 Å². The Morgan fingerprint density at radius 1 is 1.46 bits per heavy atom.